The molecule has 2 aliphatic heterocycles. The monoisotopic (exact) mass is 346 g/mol. The van der Waals surface area contributed by atoms with Gasteiger partial charge in [0.05, 0.1) is 26.4 Å². The Labute approximate surface area is 138 Å². The van der Waals surface area contributed by atoms with Crippen LogP contribution in [0.2, 0.25) is 0 Å². The van der Waals surface area contributed by atoms with Crippen LogP contribution >= 0.6 is 0 Å². The van der Waals surface area contributed by atoms with E-state index < -0.39 is 17.6 Å². The minimum Gasteiger partial charge on any atom is -0.377 e. The zero-order chi connectivity index (χ0) is 17.4. The van der Waals surface area contributed by atoms with Crippen molar-refractivity contribution >= 4 is 5.82 Å². The Morgan fingerprint density at radius 2 is 2.00 bits per heavy atom. The highest BCUT2D eigenvalue weighted by atomic mass is 19.4. The van der Waals surface area contributed by atoms with Crippen molar-refractivity contribution < 1.29 is 22.6 Å². The van der Waals surface area contributed by atoms with E-state index in [1.807, 2.05) is 4.90 Å². The zero-order valence-corrected chi connectivity index (χ0v) is 13.7. The first-order valence-electron chi connectivity index (χ1n) is 7.91. The van der Waals surface area contributed by atoms with E-state index in [2.05, 4.69) is 15.3 Å². The van der Waals surface area contributed by atoms with Gasteiger partial charge in [-0.2, -0.15) is 13.2 Å². The van der Waals surface area contributed by atoms with Gasteiger partial charge in [-0.25, -0.2) is 9.97 Å². The molecule has 2 fully saturated rings. The molecule has 1 spiro atoms. The molecule has 0 aromatic carbocycles. The fourth-order valence-corrected chi connectivity index (χ4v) is 3.04. The van der Waals surface area contributed by atoms with Crippen molar-refractivity contribution in [2.75, 3.05) is 50.9 Å². The van der Waals surface area contributed by atoms with Gasteiger partial charge in [-0.15, -0.1) is 0 Å². The number of halogens is 3. The molecule has 2 saturated heterocycles. The molecule has 0 saturated carbocycles. The van der Waals surface area contributed by atoms with E-state index in [4.69, 9.17) is 9.47 Å². The predicted octanol–water partition coefficient (Wildman–Crippen LogP) is 1.31. The molecule has 2 aliphatic rings. The lowest BCUT2D eigenvalue weighted by Gasteiger charge is -2.42. The minimum atomic E-state index is -4.57. The number of anilines is 1. The fourth-order valence-electron chi connectivity index (χ4n) is 3.04. The van der Waals surface area contributed by atoms with Crippen LogP contribution in [-0.4, -0.2) is 61.6 Å². The maximum atomic E-state index is 13.1. The molecule has 0 radical (unpaired) electrons. The van der Waals surface area contributed by atoms with Crippen LogP contribution in [0.1, 0.15) is 17.1 Å². The summed E-state index contributed by atoms with van der Waals surface area (Å²) in [6, 6.07) is 0. The molecule has 0 amide bonds. The topological polar surface area (TPSA) is 59.5 Å². The Hall–Kier alpha value is -1.45. The van der Waals surface area contributed by atoms with Crippen LogP contribution in [0, 0.1) is 13.8 Å². The van der Waals surface area contributed by atoms with E-state index in [9.17, 15) is 13.2 Å². The number of hydrogen-bond donors (Lipinski definition) is 1. The Morgan fingerprint density at radius 3 is 2.75 bits per heavy atom. The summed E-state index contributed by atoms with van der Waals surface area (Å²) in [5, 5.41) is 3.25. The van der Waals surface area contributed by atoms with Crippen LogP contribution in [0.5, 0.6) is 0 Å². The SMILES string of the molecule is Cc1nc(C(F)(F)F)nc(N2CCOC3(CNCCOC3)C2)c1C. The van der Waals surface area contributed by atoms with Gasteiger partial charge in [0.1, 0.15) is 11.4 Å². The highest BCUT2D eigenvalue weighted by Crippen LogP contribution is 2.31. The van der Waals surface area contributed by atoms with Gasteiger partial charge in [0.15, 0.2) is 0 Å². The number of hydrogen-bond acceptors (Lipinski definition) is 6. The molecule has 3 rings (SSSR count). The third kappa shape index (κ3) is 3.47. The van der Waals surface area contributed by atoms with Crippen LogP contribution < -0.4 is 10.2 Å². The van der Waals surface area contributed by atoms with Crippen molar-refractivity contribution in [1.29, 1.82) is 0 Å². The lowest BCUT2D eigenvalue weighted by Crippen LogP contribution is -2.58. The lowest BCUT2D eigenvalue weighted by molar-refractivity contribution is -0.145. The van der Waals surface area contributed by atoms with Crippen LogP contribution in [0.25, 0.3) is 0 Å². The third-order valence-corrected chi connectivity index (χ3v) is 4.40. The number of rotatable bonds is 1. The maximum Gasteiger partial charge on any atom is 0.451 e. The first kappa shape index (κ1) is 17.4. The summed E-state index contributed by atoms with van der Waals surface area (Å²) in [6.45, 7) is 6.96. The number of nitrogens with one attached hydrogen (secondary N) is 1. The van der Waals surface area contributed by atoms with Crippen LogP contribution in [0.15, 0.2) is 0 Å². The standard InChI is InChI=1S/C15H21F3N4O2/c1-10-11(2)20-13(15(16,17)18)21-12(10)22-4-6-24-14(8-22)7-19-3-5-23-9-14/h19H,3-9H2,1-2H3. The Kier molecular flexibility index (Phi) is 4.67. The van der Waals surface area contributed by atoms with Gasteiger partial charge in [-0.05, 0) is 13.8 Å². The summed E-state index contributed by atoms with van der Waals surface area (Å²) < 4.78 is 50.6. The average molecular weight is 346 g/mol. The molecule has 1 unspecified atom stereocenters. The van der Waals surface area contributed by atoms with E-state index in [0.29, 0.717) is 56.5 Å². The average Bonchev–Trinajstić information content (AvgIpc) is 2.74. The first-order chi connectivity index (χ1) is 11.3. The van der Waals surface area contributed by atoms with Crippen molar-refractivity contribution in [2.45, 2.75) is 25.6 Å². The van der Waals surface area contributed by atoms with Crippen molar-refractivity contribution in [1.82, 2.24) is 15.3 Å². The van der Waals surface area contributed by atoms with E-state index in [0.717, 1.165) is 6.54 Å². The molecule has 1 atom stereocenters. The van der Waals surface area contributed by atoms with E-state index >= 15 is 0 Å². The molecule has 134 valence electrons. The minimum absolute atomic E-state index is 0.321. The van der Waals surface area contributed by atoms with Crippen LogP contribution in [-0.2, 0) is 15.7 Å². The summed E-state index contributed by atoms with van der Waals surface area (Å²) in [7, 11) is 0. The number of ether oxygens (including phenoxy) is 2. The molecule has 3 heterocycles. The molecule has 0 aliphatic carbocycles. The van der Waals surface area contributed by atoms with E-state index in [-0.39, 0.29) is 0 Å². The van der Waals surface area contributed by atoms with Crippen LogP contribution in [0.3, 0.4) is 0 Å². The predicted molar refractivity (Wildman–Crippen MR) is 81.1 cm³/mol. The quantitative estimate of drug-likeness (QED) is 0.827. The van der Waals surface area contributed by atoms with Crippen molar-refractivity contribution in [2.24, 2.45) is 0 Å². The van der Waals surface area contributed by atoms with E-state index in [1.54, 1.807) is 13.8 Å². The highest BCUT2D eigenvalue weighted by molar-refractivity contribution is 5.49. The largest absolute Gasteiger partial charge is 0.451 e. The Morgan fingerprint density at radius 1 is 1.21 bits per heavy atom. The molecule has 1 aromatic rings. The van der Waals surface area contributed by atoms with Gasteiger partial charge in [0.2, 0.25) is 5.82 Å². The number of alkyl halides is 3. The molecule has 9 heteroatoms. The van der Waals surface area contributed by atoms with E-state index in [1.165, 1.54) is 0 Å². The molecule has 6 nitrogen and oxygen atoms in total. The van der Waals surface area contributed by atoms with Crippen molar-refractivity contribution in [3.05, 3.63) is 17.1 Å². The number of aryl methyl sites for hydroxylation is 1. The molecule has 0 bridgehead atoms. The smallest absolute Gasteiger partial charge is 0.377 e. The van der Waals surface area contributed by atoms with Crippen molar-refractivity contribution in [3.8, 4) is 0 Å². The van der Waals surface area contributed by atoms with Gasteiger partial charge >= 0.3 is 6.18 Å². The number of morpholine rings is 1. The summed E-state index contributed by atoms with van der Waals surface area (Å²) in [5.74, 6) is -0.780. The zero-order valence-electron chi connectivity index (χ0n) is 13.7. The first-order valence-corrected chi connectivity index (χ1v) is 7.91. The van der Waals surface area contributed by atoms with Gasteiger partial charge < -0.3 is 19.7 Å². The van der Waals surface area contributed by atoms with Crippen molar-refractivity contribution in [3.63, 3.8) is 0 Å². The Balaban J connectivity index is 1.91. The lowest BCUT2D eigenvalue weighted by atomic mass is 10.0. The molecular formula is C15H21F3N4O2. The van der Waals surface area contributed by atoms with Gasteiger partial charge in [0.25, 0.3) is 0 Å². The fraction of sp³-hybridized carbons (Fsp3) is 0.733. The maximum absolute atomic E-state index is 13.1. The summed E-state index contributed by atoms with van der Waals surface area (Å²) in [5.41, 5.74) is 0.420. The number of nitrogens with zero attached hydrogens (tertiary/aromatic N) is 3. The molecule has 1 aromatic heterocycles. The van der Waals surface area contributed by atoms with Gasteiger partial charge in [-0.3, -0.25) is 0 Å². The second kappa shape index (κ2) is 6.45. The molecule has 24 heavy (non-hydrogen) atoms. The van der Waals surface area contributed by atoms with Gasteiger partial charge in [0, 0.05) is 30.9 Å². The molecular weight excluding hydrogens is 325 g/mol. The second-order valence-electron chi connectivity index (χ2n) is 6.26. The third-order valence-electron chi connectivity index (χ3n) is 4.40. The summed E-state index contributed by atoms with van der Waals surface area (Å²) in [4.78, 5) is 9.24. The summed E-state index contributed by atoms with van der Waals surface area (Å²) >= 11 is 0. The Bertz CT molecular complexity index is 601. The summed E-state index contributed by atoms with van der Waals surface area (Å²) in [6.07, 6.45) is -4.57. The number of aromatic nitrogens is 2. The van der Waals surface area contributed by atoms with Crippen LogP contribution in [0.4, 0.5) is 19.0 Å². The highest BCUT2D eigenvalue weighted by Gasteiger charge is 2.40. The van der Waals surface area contributed by atoms with Gasteiger partial charge in [-0.1, -0.05) is 0 Å². The normalized spacial score (nSPS) is 25.8. The second-order valence-corrected chi connectivity index (χ2v) is 6.26. The molecule has 1 N–H and O–H groups in total.